The number of rotatable bonds is 4. The monoisotopic (exact) mass is 384 g/mol. The van der Waals surface area contributed by atoms with Crippen molar-refractivity contribution in [2.45, 2.75) is 52.6 Å². The van der Waals surface area contributed by atoms with Crippen LogP contribution in [0, 0.1) is 12.8 Å². The minimum absolute atomic E-state index is 0.199. The lowest BCUT2D eigenvalue weighted by Gasteiger charge is -2.33. The lowest BCUT2D eigenvalue weighted by Crippen LogP contribution is -2.41. The molecule has 0 aliphatic carbocycles. The van der Waals surface area contributed by atoms with Gasteiger partial charge in [-0.3, -0.25) is 4.98 Å². The van der Waals surface area contributed by atoms with Gasteiger partial charge in [-0.1, -0.05) is 18.2 Å². The topological polar surface area (TPSA) is 80.5 Å². The van der Waals surface area contributed by atoms with Gasteiger partial charge in [0.25, 0.3) is 0 Å². The molecule has 0 radical (unpaired) electrons. The molecular formula is C22H32N4O2. The third-order valence-corrected chi connectivity index (χ3v) is 5.24. The standard InChI is InChI=1S/C22H32N4O2/c1-15-19(23)20(17-7-5-6-8-18(17)25-15)24-12-9-16-10-13-26(14-11-16)21(27)28-22(2,3)4/h5-8,16H,9-14,23H2,1-4H3,(H,24,25). The van der Waals surface area contributed by atoms with E-state index in [1.807, 2.05) is 50.8 Å². The Bertz CT molecular complexity index is 836. The Kier molecular flexibility index (Phi) is 5.96. The van der Waals surface area contributed by atoms with E-state index in [0.717, 1.165) is 66.9 Å². The number of piperidine rings is 1. The fourth-order valence-electron chi connectivity index (χ4n) is 3.67. The van der Waals surface area contributed by atoms with Crippen LogP contribution < -0.4 is 11.1 Å². The molecule has 0 atom stereocenters. The Balaban J connectivity index is 1.53. The number of nitrogens with two attached hydrogens (primary N) is 1. The zero-order valence-electron chi connectivity index (χ0n) is 17.4. The van der Waals surface area contributed by atoms with Crippen LogP contribution in [0.4, 0.5) is 16.2 Å². The molecule has 0 saturated carbocycles. The minimum Gasteiger partial charge on any atom is -0.444 e. The maximum absolute atomic E-state index is 12.2. The first-order chi connectivity index (χ1) is 13.2. The number of hydrogen-bond acceptors (Lipinski definition) is 5. The molecule has 3 N–H and O–H groups in total. The van der Waals surface area contributed by atoms with Crippen LogP contribution in [-0.2, 0) is 4.74 Å². The van der Waals surface area contributed by atoms with Crippen molar-refractivity contribution in [3.05, 3.63) is 30.0 Å². The second-order valence-corrected chi connectivity index (χ2v) is 8.63. The summed E-state index contributed by atoms with van der Waals surface area (Å²) in [6, 6.07) is 8.07. The van der Waals surface area contributed by atoms with Crippen LogP contribution in [-0.4, -0.2) is 41.2 Å². The predicted molar refractivity (Wildman–Crippen MR) is 115 cm³/mol. The van der Waals surface area contributed by atoms with Crippen molar-refractivity contribution in [3.63, 3.8) is 0 Å². The number of aromatic nitrogens is 1. The van der Waals surface area contributed by atoms with Crippen molar-refractivity contribution < 1.29 is 9.53 Å². The number of anilines is 2. The van der Waals surface area contributed by atoms with Crippen molar-refractivity contribution in [1.82, 2.24) is 9.88 Å². The number of likely N-dealkylation sites (tertiary alicyclic amines) is 1. The highest BCUT2D eigenvalue weighted by atomic mass is 16.6. The fourth-order valence-corrected chi connectivity index (χ4v) is 3.67. The molecule has 152 valence electrons. The molecule has 1 fully saturated rings. The highest BCUT2D eigenvalue weighted by Gasteiger charge is 2.26. The first-order valence-corrected chi connectivity index (χ1v) is 10.1. The quantitative estimate of drug-likeness (QED) is 0.807. The summed E-state index contributed by atoms with van der Waals surface area (Å²) in [5.41, 5.74) is 9.36. The van der Waals surface area contributed by atoms with E-state index in [0.29, 0.717) is 5.92 Å². The molecule has 1 aliphatic rings. The molecule has 6 nitrogen and oxygen atoms in total. The summed E-state index contributed by atoms with van der Waals surface area (Å²) in [7, 11) is 0. The average molecular weight is 385 g/mol. The predicted octanol–water partition coefficient (Wildman–Crippen LogP) is 4.57. The van der Waals surface area contributed by atoms with Crippen LogP contribution in [0.5, 0.6) is 0 Å². The van der Waals surface area contributed by atoms with Gasteiger partial charge >= 0.3 is 6.09 Å². The van der Waals surface area contributed by atoms with E-state index in [1.165, 1.54) is 0 Å². The molecule has 1 aromatic carbocycles. The Hall–Kier alpha value is -2.50. The van der Waals surface area contributed by atoms with Crippen molar-refractivity contribution >= 4 is 28.4 Å². The van der Waals surface area contributed by atoms with E-state index >= 15 is 0 Å². The molecule has 28 heavy (non-hydrogen) atoms. The molecular weight excluding hydrogens is 352 g/mol. The normalized spacial score (nSPS) is 15.6. The summed E-state index contributed by atoms with van der Waals surface area (Å²) in [6.07, 6.45) is 2.87. The number of pyridine rings is 1. The van der Waals surface area contributed by atoms with Gasteiger partial charge in [-0.2, -0.15) is 0 Å². The van der Waals surface area contributed by atoms with Crippen LogP contribution in [0.1, 0.15) is 45.7 Å². The molecule has 1 aromatic heterocycles. The van der Waals surface area contributed by atoms with Crippen LogP contribution in [0.15, 0.2) is 24.3 Å². The van der Waals surface area contributed by atoms with Gasteiger partial charge in [0, 0.05) is 25.0 Å². The summed E-state index contributed by atoms with van der Waals surface area (Å²) in [5.74, 6) is 0.599. The van der Waals surface area contributed by atoms with Gasteiger partial charge in [-0.15, -0.1) is 0 Å². The van der Waals surface area contributed by atoms with Crippen LogP contribution in [0.3, 0.4) is 0 Å². The molecule has 0 spiro atoms. The summed E-state index contributed by atoms with van der Waals surface area (Å²) in [6.45, 7) is 10.0. The third-order valence-electron chi connectivity index (χ3n) is 5.24. The number of aryl methyl sites for hydroxylation is 1. The van der Waals surface area contributed by atoms with E-state index in [2.05, 4.69) is 16.4 Å². The zero-order valence-corrected chi connectivity index (χ0v) is 17.4. The fraction of sp³-hybridized carbons (Fsp3) is 0.545. The van der Waals surface area contributed by atoms with E-state index < -0.39 is 5.60 Å². The van der Waals surface area contributed by atoms with Crippen molar-refractivity contribution in [2.75, 3.05) is 30.7 Å². The number of ether oxygens (including phenoxy) is 1. The van der Waals surface area contributed by atoms with E-state index in [-0.39, 0.29) is 6.09 Å². The number of hydrogen-bond donors (Lipinski definition) is 2. The van der Waals surface area contributed by atoms with Crippen LogP contribution in [0.2, 0.25) is 0 Å². The lowest BCUT2D eigenvalue weighted by molar-refractivity contribution is 0.0182. The van der Waals surface area contributed by atoms with Crippen LogP contribution >= 0.6 is 0 Å². The molecule has 6 heteroatoms. The van der Waals surface area contributed by atoms with Gasteiger partial charge in [0.15, 0.2) is 0 Å². The number of nitrogens with one attached hydrogen (secondary N) is 1. The Labute approximate surface area is 167 Å². The maximum Gasteiger partial charge on any atom is 0.410 e. The van der Waals surface area contributed by atoms with Crippen LogP contribution in [0.25, 0.3) is 10.9 Å². The number of nitrogens with zero attached hydrogens (tertiary/aromatic N) is 2. The molecule has 1 aliphatic heterocycles. The summed E-state index contributed by atoms with van der Waals surface area (Å²) in [4.78, 5) is 18.6. The second kappa shape index (κ2) is 8.25. The van der Waals surface area contributed by atoms with Crippen molar-refractivity contribution in [2.24, 2.45) is 5.92 Å². The highest BCUT2D eigenvalue weighted by molar-refractivity contribution is 5.97. The SMILES string of the molecule is Cc1nc2ccccc2c(NCCC2CCN(C(=O)OC(C)(C)C)CC2)c1N. The minimum atomic E-state index is -0.441. The summed E-state index contributed by atoms with van der Waals surface area (Å²) < 4.78 is 5.47. The molecule has 3 rings (SSSR count). The van der Waals surface area contributed by atoms with Gasteiger partial charge in [-0.25, -0.2) is 4.79 Å². The lowest BCUT2D eigenvalue weighted by atomic mass is 9.93. The number of para-hydroxylation sites is 1. The van der Waals surface area contributed by atoms with Crippen molar-refractivity contribution in [1.29, 1.82) is 0 Å². The number of amides is 1. The Morgan fingerprint density at radius 3 is 2.64 bits per heavy atom. The number of fused-ring (bicyclic) bond motifs is 1. The third kappa shape index (κ3) is 4.86. The average Bonchev–Trinajstić information content (AvgIpc) is 2.64. The summed E-state index contributed by atoms with van der Waals surface area (Å²) in [5, 5.41) is 4.60. The molecule has 1 saturated heterocycles. The van der Waals surface area contributed by atoms with Crippen molar-refractivity contribution in [3.8, 4) is 0 Å². The highest BCUT2D eigenvalue weighted by Crippen LogP contribution is 2.31. The molecule has 0 bridgehead atoms. The zero-order chi connectivity index (χ0) is 20.3. The van der Waals surface area contributed by atoms with Gasteiger partial charge in [-0.05, 0) is 58.9 Å². The molecule has 1 amide bonds. The smallest absolute Gasteiger partial charge is 0.410 e. The van der Waals surface area contributed by atoms with Gasteiger partial charge in [0.05, 0.1) is 22.6 Å². The Morgan fingerprint density at radius 2 is 1.96 bits per heavy atom. The first kappa shape index (κ1) is 20.2. The number of carbonyl (C=O) groups is 1. The maximum atomic E-state index is 12.2. The number of carbonyl (C=O) groups excluding carboxylic acids is 1. The first-order valence-electron chi connectivity index (χ1n) is 10.1. The number of benzene rings is 1. The van der Waals surface area contributed by atoms with E-state index in [1.54, 1.807) is 0 Å². The molecule has 0 unspecified atom stereocenters. The van der Waals surface area contributed by atoms with Gasteiger partial charge < -0.3 is 20.7 Å². The Morgan fingerprint density at radius 1 is 1.29 bits per heavy atom. The second-order valence-electron chi connectivity index (χ2n) is 8.63. The number of nitrogen functional groups attached to an aromatic ring is 1. The van der Waals surface area contributed by atoms with E-state index in [9.17, 15) is 4.79 Å². The summed E-state index contributed by atoms with van der Waals surface area (Å²) >= 11 is 0. The van der Waals surface area contributed by atoms with Gasteiger partial charge in [0.2, 0.25) is 0 Å². The largest absolute Gasteiger partial charge is 0.444 e. The molecule has 2 aromatic rings. The van der Waals surface area contributed by atoms with E-state index in [4.69, 9.17) is 10.5 Å². The van der Waals surface area contributed by atoms with Gasteiger partial charge in [0.1, 0.15) is 5.60 Å². The molecule has 2 heterocycles.